The molecule has 0 aromatic heterocycles. The minimum atomic E-state index is -1.00. The summed E-state index contributed by atoms with van der Waals surface area (Å²) in [6.45, 7) is 4.11. The van der Waals surface area contributed by atoms with Gasteiger partial charge >= 0.3 is 0 Å². The van der Waals surface area contributed by atoms with Crippen molar-refractivity contribution in [3.8, 4) is 5.75 Å². The van der Waals surface area contributed by atoms with Crippen LogP contribution in [0.1, 0.15) is 33.6 Å². The maximum absolute atomic E-state index is 13.1. The van der Waals surface area contributed by atoms with Gasteiger partial charge in [-0.1, -0.05) is 18.2 Å². The number of carbonyl (C=O) groups is 4. The summed E-state index contributed by atoms with van der Waals surface area (Å²) in [5.41, 5.74) is 7.32. The molecule has 2 aromatic carbocycles. The minimum Gasteiger partial charge on any atom is -0.489 e. The number of nitrogen functional groups attached to an aromatic ring is 1. The molecule has 1 saturated heterocycles. The first-order chi connectivity index (χ1) is 20.5. The van der Waals surface area contributed by atoms with E-state index in [-0.39, 0.29) is 24.0 Å². The van der Waals surface area contributed by atoms with Gasteiger partial charge in [0.2, 0.25) is 11.8 Å². The number of nitrogens with two attached hydrogens (primary N) is 1. The highest BCUT2D eigenvalue weighted by atomic mass is 16.6. The zero-order valence-corrected chi connectivity index (χ0v) is 23.3. The summed E-state index contributed by atoms with van der Waals surface area (Å²) < 4.78 is 27.5. The second-order valence-corrected chi connectivity index (χ2v) is 9.44. The quantitative estimate of drug-likeness (QED) is 0.131. The first kappa shape index (κ1) is 30.9. The average molecular weight is 585 g/mol. The summed E-state index contributed by atoms with van der Waals surface area (Å²) >= 11 is 0. The van der Waals surface area contributed by atoms with Crippen LogP contribution in [0.4, 0.5) is 11.4 Å². The molecule has 4 amide bonds. The highest BCUT2D eigenvalue weighted by molar-refractivity contribution is 6.25. The molecule has 13 heteroatoms. The Labute approximate surface area is 243 Å². The molecule has 0 saturated carbocycles. The van der Waals surface area contributed by atoms with Crippen molar-refractivity contribution in [1.82, 2.24) is 10.2 Å². The molecule has 226 valence electrons. The van der Waals surface area contributed by atoms with Crippen LogP contribution in [0.25, 0.3) is 0 Å². The largest absolute Gasteiger partial charge is 0.489 e. The third kappa shape index (κ3) is 8.26. The van der Waals surface area contributed by atoms with Crippen molar-refractivity contribution in [3.63, 3.8) is 0 Å². The molecular weight excluding hydrogens is 548 g/mol. The van der Waals surface area contributed by atoms with Gasteiger partial charge in [-0.25, -0.2) is 0 Å². The van der Waals surface area contributed by atoms with Gasteiger partial charge in [-0.15, -0.1) is 0 Å². The Kier molecular flexibility index (Phi) is 11.6. The van der Waals surface area contributed by atoms with E-state index in [4.69, 9.17) is 29.4 Å². The number of hydrogen-bond acceptors (Lipinski definition) is 11. The maximum Gasteiger partial charge on any atom is 0.264 e. The number of rotatable bonds is 18. The molecule has 0 spiro atoms. The normalized spacial score (nSPS) is 16.5. The van der Waals surface area contributed by atoms with Gasteiger partial charge in [0.05, 0.1) is 69.7 Å². The van der Waals surface area contributed by atoms with E-state index in [1.165, 1.54) is 0 Å². The third-order valence-electron chi connectivity index (χ3n) is 6.55. The van der Waals surface area contributed by atoms with Crippen molar-refractivity contribution in [1.29, 1.82) is 0 Å². The predicted molar refractivity (Wildman–Crippen MR) is 151 cm³/mol. The van der Waals surface area contributed by atoms with Crippen LogP contribution in [-0.4, -0.2) is 101 Å². The number of benzene rings is 2. The van der Waals surface area contributed by atoms with E-state index in [0.29, 0.717) is 83.1 Å². The molecule has 2 aliphatic heterocycles. The van der Waals surface area contributed by atoms with E-state index < -0.39 is 29.7 Å². The zero-order chi connectivity index (χ0) is 29.7. The monoisotopic (exact) mass is 584 g/mol. The zero-order valence-electron chi connectivity index (χ0n) is 23.3. The summed E-state index contributed by atoms with van der Waals surface area (Å²) in [6.07, 6.45) is 0.179. The topological polar surface area (TPSA) is 168 Å². The molecule has 0 bridgehead atoms. The molecule has 2 aromatic rings. The van der Waals surface area contributed by atoms with Gasteiger partial charge in [-0.3, -0.25) is 29.4 Å². The number of hydrogen-bond donors (Lipinski definition) is 3. The average Bonchev–Trinajstić information content (AvgIpc) is 3.23. The van der Waals surface area contributed by atoms with Crippen LogP contribution < -0.4 is 21.1 Å². The number of anilines is 2. The van der Waals surface area contributed by atoms with Crippen LogP contribution in [0.5, 0.6) is 5.75 Å². The van der Waals surface area contributed by atoms with Crippen molar-refractivity contribution in [2.24, 2.45) is 0 Å². The van der Waals surface area contributed by atoms with Crippen LogP contribution >= 0.6 is 0 Å². The van der Waals surface area contributed by atoms with Crippen molar-refractivity contribution < 1.29 is 42.9 Å². The molecule has 2 aliphatic rings. The summed E-state index contributed by atoms with van der Waals surface area (Å²) in [4.78, 5) is 50.7. The van der Waals surface area contributed by atoms with E-state index in [9.17, 15) is 19.2 Å². The van der Waals surface area contributed by atoms with Gasteiger partial charge in [0, 0.05) is 18.7 Å². The molecule has 1 fully saturated rings. The van der Waals surface area contributed by atoms with Crippen molar-refractivity contribution in [2.75, 3.05) is 77.1 Å². The standard InChI is InChI=1S/C29H36N4O9/c30-21-5-1-2-7-24(21)42-19-18-41-17-16-40-15-14-39-13-12-38-11-10-31-22-6-3-4-20-26(22)29(37)33(28(20)36)23-8-9-25(34)32-27(23)35/h1-7,23,31H,8-19,30H2,(H,32,34,35). The van der Waals surface area contributed by atoms with E-state index in [1.807, 2.05) is 18.2 Å². The first-order valence-electron chi connectivity index (χ1n) is 13.8. The second-order valence-electron chi connectivity index (χ2n) is 9.44. The molecule has 0 aliphatic carbocycles. The number of nitrogens with one attached hydrogen (secondary N) is 2. The summed E-state index contributed by atoms with van der Waals surface area (Å²) in [6, 6.07) is 11.2. The van der Waals surface area contributed by atoms with Gasteiger partial charge in [0.15, 0.2) is 0 Å². The number of fused-ring (bicyclic) bond motifs is 1. The number of nitrogens with zero attached hydrogens (tertiary/aromatic N) is 1. The smallest absolute Gasteiger partial charge is 0.264 e. The van der Waals surface area contributed by atoms with Gasteiger partial charge in [-0.2, -0.15) is 0 Å². The Morgan fingerprint density at radius 1 is 0.786 bits per heavy atom. The lowest BCUT2D eigenvalue weighted by atomic mass is 10.0. The fourth-order valence-electron chi connectivity index (χ4n) is 4.50. The number of carbonyl (C=O) groups excluding carboxylic acids is 4. The number of amides is 4. The summed E-state index contributed by atoms with van der Waals surface area (Å²) in [7, 11) is 0. The lowest BCUT2D eigenvalue weighted by Crippen LogP contribution is -2.54. The van der Waals surface area contributed by atoms with Crippen molar-refractivity contribution >= 4 is 35.0 Å². The minimum absolute atomic E-state index is 0.0703. The Balaban J connectivity index is 1.02. The van der Waals surface area contributed by atoms with Gasteiger partial charge in [0.25, 0.3) is 11.8 Å². The maximum atomic E-state index is 13.1. The summed E-state index contributed by atoms with van der Waals surface area (Å²) in [5.74, 6) is -1.51. The lowest BCUT2D eigenvalue weighted by molar-refractivity contribution is -0.136. The van der Waals surface area contributed by atoms with Gasteiger partial charge in [0.1, 0.15) is 18.4 Å². The van der Waals surface area contributed by atoms with Crippen LogP contribution in [0.3, 0.4) is 0 Å². The Morgan fingerprint density at radius 2 is 1.43 bits per heavy atom. The highest BCUT2D eigenvalue weighted by Crippen LogP contribution is 2.32. The SMILES string of the molecule is Nc1ccccc1OCCOCCOCCOCCOCCNc1cccc2c1C(=O)N(C1CCC(=O)NC1=O)C2=O. The predicted octanol–water partition coefficient (Wildman–Crippen LogP) is 1.23. The fraction of sp³-hybridized carbons (Fsp3) is 0.448. The Morgan fingerprint density at radius 3 is 2.10 bits per heavy atom. The fourth-order valence-corrected chi connectivity index (χ4v) is 4.50. The molecule has 13 nitrogen and oxygen atoms in total. The number of piperidine rings is 1. The molecule has 2 heterocycles. The van der Waals surface area contributed by atoms with E-state index in [0.717, 1.165) is 4.90 Å². The molecule has 0 radical (unpaired) electrons. The van der Waals surface area contributed by atoms with Gasteiger partial charge in [-0.05, 0) is 30.7 Å². The highest BCUT2D eigenvalue weighted by Gasteiger charge is 2.45. The Hall–Kier alpha value is -4.04. The second kappa shape index (κ2) is 15.8. The molecular formula is C29H36N4O9. The van der Waals surface area contributed by atoms with E-state index >= 15 is 0 Å². The molecule has 4 rings (SSSR count). The van der Waals surface area contributed by atoms with Crippen molar-refractivity contribution in [3.05, 3.63) is 53.6 Å². The third-order valence-corrected chi connectivity index (χ3v) is 6.55. The van der Waals surface area contributed by atoms with Gasteiger partial charge < -0.3 is 34.7 Å². The number of para-hydroxylation sites is 2. The number of imide groups is 2. The number of ether oxygens (including phenoxy) is 5. The van der Waals surface area contributed by atoms with Crippen LogP contribution in [0.15, 0.2) is 42.5 Å². The molecule has 42 heavy (non-hydrogen) atoms. The van der Waals surface area contributed by atoms with Crippen LogP contribution in [0, 0.1) is 0 Å². The first-order valence-corrected chi connectivity index (χ1v) is 13.8. The lowest BCUT2D eigenvalue weighted by Gasteiger charge is -2.27. The van der Waals surface area contributed by atoms with Crippen LogP contribution in [-0.2, 0) is 28.5 Å². The Bertz CT molecular complexity index is 1260. The molecule has 1 atom stereocenters. The molecule has 4 N–H and O–H groups in total. The molecule has 1 unspecified atom stereocenters. The summed E-state index contributed by atoms with van der Waals surface area (Å²) in [5, 5.41) is 5.32. The van der Waals surface area contributed by atoms with Crippen molar-refractivity contribution in [2.45, 2.75) is 18.9 Å². The van der Waals surface area contributed by atoms with E-state index in [1.54, 1.807) is 24.3 Å². The van der Waals surface area contributed by atoms with E-state index in [2.05, 4.69) is 10.6 Å². The van der Waals surface area contributed by atoms with Crippen LogP contribution in [0.2, 0.25) is 0 Å².